The molecule has 1 unspecified atom stereocenters. The van der Waals surface area contributed by atoms with Crippen LogP contribution in [-0.4, -0.2) is 67.3 Å². The monoisotopic (exact) mass is 545 g/mol. The topological polar surface area (TPSA) is 86.8 Å². The van der Waals surface area contributed by atoms with Crippen LogP contribution in [-0.2, 0) is 21.1 Å². The number of benzene rings is 1. The number of amides is 3. The van der Waals surface area contributed by atoms with Crippen molar-refractivity contribution in [1.29, 1.82) is 0 Å². The van der Waals surface area contributed by atoms with E-state index < -0.39 is 23.9 Å². The van der Waals surface area contributed by atoms with E-state index in [4.69, 9.17) is 4.74 Å². The molecule has 8 nitrogen and oxygen atoms in total. The summed E-state index contributed by atoms with van der Waals surface area (Å²) in [6.45, 7) is 5.05. The molecule has 210 valence electrons. The van der Waals surface area contributed by atoms with Gasteiger partial charge in [-0.1, -0.05) is 25.0 Å². The van der Waals surface area contributed by atoms with Gasteiger partial charge in [0.15, 0.2) is 0 Å². The Labute approximate surface area is 225 Å². The minimum Gasteiger partial charge on any atom is -0.379 e. The highest BCUT2D eigenvalue weighted by Crippen LogP contribution is 2.42. The van der Waals surface area contributed by atoms with E-state index in [-0.39, 0.29) is 17.0 Å². The number of hydrogen-bond donors (Lipinski definition) is 2. The van der Waals surface area contributed by atoms with Crippen LogP contribution in [0.15, 0.2) is 42.6 Å². The van der Waals surface area contributed by atoms with E-state index >= 15 is 0 Å². The third kappa shape index (κ3) is 6.36. The van der Waals surface area contributed by atoms with Gasteiger partial charge in [-0.25, -0.2) is 9.78 Å². The van der Waals surface area contributed by atoms with Crippen molar-refractivity contribution in [1.82, 2.24) is 15.2 Å². The predicted octanol–water partition coefficient (Wildman–Crippen LogP) is 4.56. The van der Waals surface area contributed by atoms with Crippen LogP contribution in [0.5, 0.6) is 0 Å². The molecule has 2 aromatic rings. The Morgan fingerprint density at radius 3 is 2.38 bits per heavy atom. The van der Waals surface area contributed by atoms with Crippen molar-refractivity contribution in [2.24, 2.45) is 0 Å². The lowest BCUT2D eigenvalue weighted by atomic mass is 9.78. The predicted molar refractivity (Wildman–Crippen MR) is 141 cm³/mol. The fraction of sp³-hybridized carbons (Fsp3) is 0.536. The van der Waals surface area contributed by atoms with Crippen molar-refractivity contribution in [2.45, 2.75) is 56.2 Å². The first-order valence-corrected chi connectivity index (χ1v) is 13.6. The van der Waals surface area contributed by atoms with E-state index in [0.717, 1.165) is 69.7 Å². The van der Waals surface area contributed by atoms with Crippen LogP contribution in [0.25, 0.3) is 0 Å². The highest BCUT2D eigenvalue weighted by atomic mass is 19.4. The van der Waals surface area contributed by atoms with Crippen molar-refractivity contribution in [3.63, 3.8) is 0 Å². The fourth-order valence-corrected chi connectivity index (χ4v) is 6.00. The minimum atomic E-state index is -4.56. The molecule has 1 aromatic carbocycles. The molecule has 1 aliphatic carbocycles. The maximum Gasteiger partial charge on any atom is 0.433 e. The number of carbonyl (C=O) groups is 2. The zero-order chi connectivity index (χ0) is 27.5. The average molecular weight is 546 g/mol. The summed E-state index contributed by atoms with van der Waals surface area (Å²) in [5, 5.41) is 5.12. The van der Waals surface area contributed by atoms with Gasteiger partial charge in [0.2, 0.25) is 5.91 Å². The summed E-state index contributed by atoms with van der Waals surface area (Å²) < 4.78 is 43.7. The van der Waals surface area contributed by atoms with Gasteiger partial charge in [-0.3, -0.25) is 9.69 Å². The van der Waals surface area contributed by atoms with Crippen LogP contribution in [0.2, 0.25) is 0 Å². The van der Waals surface area contributed by atoms with Gasteiger partial charge >= 0.3 is 12.2 Å². The number of halogens is 3. The first kappa shape index (κ1) is 27.4. The molecule has 3 fully saturated rings. The van der Waals surface area contributed by atoms with E-state index in [1.807, 2.05) is 12.1 Å². The Morgan fingerprint density at radius 1 is 1.03 bits per heavy atom. The Kier molecular flexibility index (Phi) is 8.08. The van der Waals surface area contributed by atoms with Gasteiger partial charge in [-0.2, -0.15) is 13.2 Å². The molecule has 0 spiro atoms. The molecule has 1 saturated carbocycles. The van der Waals surface area contributed by atoms with E-state index in [1.165, 1.54) is 18.4 Å². The highest BCUT2D eigenvalue weighted by molar-refractivity contribution is 6.01. The van der Waals surface area contributed by atoms with Gasteiger partial charge in [0.1, 0.15) is 11.7 Å². The van der Waals surface area contributed by atoms with Gasteiger partial charge in [0.05, 0.1) is 25.1 Å². The number of urea groups is 1. The van der Waals surface area contributed by atoms with Crippen molar-refractivity contribution in [3.8, 4) is 0 Å². The Hall–Kier alpha value is -3.18. The fourth-order valence-electron chi connectivity index (χ4n) is 6.00. The number of ether oxygens (including phenoxy) is 1. The molecular weight excluding hydrogens is 511 g/mol. The Balaban J connectivity index is 1.21. The number of morpholine rings is 1. The standard InChI is InChI=1S/C28H34F3N5O3/c29-28(30,31)24-10-7-21(18-32-24)33-26(38)34-23-4-3-13-36(25(23)37)22-8-5-20(6-9-22)27(11-1-2-12-27)19-35-14-16-39-17-15-35/h5-10,18,23H,1-4,11-17,19H2,(H2,33,34,38). The molecular formula is C28H34F3N5O3. The third-order valence-corrected chi connectivity index (χ3v) is 8.04. The first-order chi connectivity index (χ1) is 18.7. The molecule has 39 heavy (non-hydrogen) atoms. The van der Waals surface area contributed by atoms with Crippen LogP contribution >= 0.6 is 0 Å². The summed E-state index contributed by atoms with van der Waals surface area (Å²) in [4.78, 5) is 33.3. The summed E-state index contributed by atoms with van der Waals surface area (Å²) in [6.07, 6.45) is 2.32. The number of hydrogen-bond acceptors (Lipinski definition) is 5. The van der Waals surface area contributed by atoms with E-state index in [2.05, 4.69) is 32.7 Å². The number of anilines is 2. The largest absolute Gasteiger partial charge is 0.433 e. The normalized spacial score (nSPS) is 22.1. The number of pyridine rings is 1. The number of nitrogens with one attached hydrogen (secondary N) is 2. The average Bonchev–Trinajstić information content (AvgIpc) is 3.40. The molecule has 1 atom stereocenters. The molecule has 5 rings (SSSR count). The molecule has 2 N–H and O–H groups in total. The second-order valence-electron chi connectivity index (χ2n) is 10.6. The van der Waals surface area contributed by atoms with Gasteiger partial charge < -0.3 is 20.3 Å². The van der Waals surface area contributed by atoms with Crippen molar-refractivity contribution >= 4 is 23.3 Å². The maximum absolute atomic E-state index is 13.3. The molecule has 3 amide bonds. The summed E-state index contributed by atoms with van der Waals surface area (Å²) in [7, 11) is 0. The second-order valence-corrected chi connectivity index (χ2v) is 10.6. The summed E-state index contributed by atoms with van der Waals surface area (Å²) in [5.41, 5.74) is 1.28. The molecule has 0 radical (unpaired) electrons. The molecule has 3 heterocycles. The van der Waals surface area contributed by atoms with Gasteiger partial charge in [-0.15, -0.1) is 0 Å². The van der Waals surface area contributed by atoms with Gasteiger partial charge in [0, 0.05) is 37.3 Å². The maximum atomic E-state index is 13.3. The van der Waals surface area contributed by atoms with Crippen LogP contribution < -0.4 is 15.5 Å². The third-order valence-electron chi connectivity index (χ3n) is 8.04. The van der Waals surface area contributed by atoms with Crippen molar-refractivity contribution in [2.75, 3.05) is 49.6 Å². The molecule has 1 aromatic heterocycles. The van der Waals surface area contributed by atoms with Crippen LogP contribution in [0.3, 0.4) is 0 Å². The first-order valence-electron chi connectivity index (χ1n) is 13.6. The molecule has 11 heteroatoms. The summed E-state index contributed by atoms with van der Waals surface area (Å²) >= 11 is 0. The van der Waals surface area contributed by atoms with E-state index in [1.54, 1.807) is 4.90 Å². The van der Waals surface area contributed by atoms with Crippen LogP contribution in [0, 0.1) is 0 Å². The number of aromatic nitrogens is 1. The van der Waals surface area contributed by atoms with E-state index in [9.17, 15) is 22.8 Å². The summed E-state index contributed by atoms with van der Waals surface area (Å²) in [5.74, 6) is -0.210. The smallest absolute Gasteiger partial charge is 0.379 e. The van der Waals surface area contributed by atoms with Crippen molar-refractivity contribution in [3.05, 3.63) is 53.9 Å². The Bertz CT molecular complexity index is 1140. The van der Waals surface area contributed by atoms with Crippen LogP contribution in [0.1, 0.15) is 49.8 Å². The molecule has 3 aliphatic rings. The zero-order valence-corrected chi connectivity index (χ0v) is 21.8. The highest BCUT2D eigenvalue weighted by Gasteiger charge is 2.38. The number of alkyl halides is 3. The van der Waals surface area contributed by atoms with Crippen LogP contribution in [0.4, 0.5) is 29.3 Å². The molecule has 0 bridgehead atoms. The molecule has 2 aliphatic heterocycles. The molecule has 2 saturated heterocycles. The minimum absolute atomic E-state index is 0.106. The van der Waals surface area contributed by atoms with Crippen molar-refractivity contribution < 1.29 is 27.5 Å². The Morgan fingerprint density at radius 2 is 1.74 bits per heavy atom. The number of rotatable bonds is 6. The quantitative estimate of drug-likeness (QED) is 0.556. The SMILES string of the molecule is O=C(Nc1ccc(C(F)(F)F)nc1)NC1CCCN(c2ccc(C3(CN4CCOCC4)CCCC3)cc2)C1=O. The lowest BCUT2D eigenvalue weighted by molar-refractivity contribution is -0.141. The lowest BCUT2D eigenvalue weighted by Crippen LogP contribution is -2.53. The summed E-state index contributed by atoms with van der Waals surface area (Å²) in [6, 6.07) is 8.82. The zero-order valence-electron chi connectivity index (χ0n) is 21.8. The van der Waals surface area contributed by atoms with Gasteiger partial charge in [-0.05, 0) is 55.5 Å². The number of piperidine rings is 1. The number of carbonyl (C=O) groups excluding carboxylic acids is 2. The second kappa shape index (κ2) is 11.5. The number of nitrogens with zero attached hydrogens (tertiary/aromatic N) is 3. The van der Waals surface area contributed by atoms with E-state index in [0.29, 0.717) is 19.4 Å². The lowest BCUT2D eigenvalue weighted by Gasteiger charge is -2.38. The van der Waals surface area contributed by atoms with Gasteiger partial charge in [0.25, 0.3) is 0 Å².